The Labute approximate surface area is 110 Å². The van der Waals surface area contributed by atoms with Gasteiger partial charge in [0.2, 0.25) is 5.91 Å². The van der Waals surface area contributed by atoms with Gasteiger partial charge in [-0.2, -0.15) is 0 Å². The van der Waals surface area contributed by atoms with Crippen molar-refractivity contribution in [2.75, 3.05) is 13.1 Å². The topological polar surface area (TPSA) is 46.3 Å². The zero-order valence-electron chi connectivity index (χ0n) is 9.73. The van der Waals surface area contributed by atoms with E-state index in [1.54, 1.807) is 4.90 Å². The normalized spacial score (nSPS) is 18.6. The third kappa shape index (κ3) is 3.40. The number of likely N-dealkylation sites (tertiary alicyclic amines) is 1. The van der Waals surface area contributed by atoms with Crippen LogP contribution in [0.1, 0.15) is 12.0 Å². The van der Waals surface area contributed by atoms with Gasteiger partial charge < -0.3 is 10.6 Å². The quantitative estimate of drug-likeness (QED) is 0.890. The molecule has 1 heterocycles. The first-order valence-electron chi connectivity index (χ1n) is 5.53. The van der Waals surface area contributed by atoms with Crippen molar-refractivity contribution >= 4 is 18.3 Å². The van der Waals surface area contributed by atoms with Crippen molar-refractivity contribution < 1.29 is 13.6 Å². The van der Waals surface area contributed by atoms with Gasteiger partial charge in [-0.15, -0.1) is 12.4 Å². The molecule has 0 aliphatic carbocycles. The molecular formula is C12H15ClF2N2O. The second kappa shape index (κ2) is 6.11. The van der Waals surface area contributed by atoms with Gasteiger partial charge in [-0.05, 0) is 18.1 Å². The largest absolute Gasteiger partial charge is 0.341 e. The molecule has 6 heteroatoms. The lowest BCUT2D eigenvalue weighted by atomic mass is 10.1. The summed E-state index contributed by atoms with van der Waals surface area (Å²) in [5.74, 6) is -1.48. The summed E-state index contributed by atoms with van der Waals surface area (Å²) >= 11 is 0. The maximum absolute atomic E-state index is 13.3. The molecule has 1 aliphatic heterocycles. The SMILES string of the molecule is Cl.N[C@@H]1CCN(C(=O)Cc2ccc(F)cc2F)C1. The molecule has 0 radical (unpaired) electrons. The first-order valence-corrected chi connectivity index (χ1v) is 5.53. The minimum absolute atomic E-state index is 0. The average molecular weight is 277 g/mol. The van der Waals surface area contributed by atoms with Crippen LogP contribution in [0, 0.1) is 11.6 Å². The summed E-state index contributed by atoms with van der Waals surface area (Å²) in [6.45, 7) is 1.13. The molecule has 1 amide bonds. The molecule has 1 saturated heterocycles. The molecule has 1 atom stereocenters. The molecule has 1 aromatic rings. The minimum atomic E-state index is -0.679. The summed E-state index contributed by atoms with van der Waals surface area (Å²) in [4.78, 5) is 13.4. The van der Waals surface area contributed by atoms with Gasteiger partial charge in [-0.3, -0.25) is 4.79 Å². The maximum atomic E-state index is 13.3. The average Bonchev–Trinajstić information content (AvgIpc) is 2.69. The molecule has 0 saturated carbocycles. The van der Waals surface area contributed by atoms with E-state index in [0.29, 0.717) is 13.1 Å². The Hall–Kier alpha value is -1.20. The third-order valence-electron chi connectivity index (χ3n) is 2.93. The van der Waals surface area contributed by atoms with Gasteiger partial charge in [0.25, 0.3) is 0 Å². The van der Waals surface area contributed by atoms with Crippen molar-refractivity contribution in [1.29, 1.82) is 0 Å². The Balaban J connectivity index is 0.00000162. The summed E-state index contributed by atoms with van der Waals surface area (Å²) < 4.78 is 26.0. The van der Waals surface area contributed by atoms with Crippen LogP contribution in [0.5, 0.6) is 0 Å². The fraction of sp³-hybridized carbons (Fsp3) is 0.417. The summed E-state index contributed by atoms with van der Waals surface area (Å²) in [5, 5.41) is 0. The van der Waals surface area contributed by atoms with Crippen LogP contribution in [0.25, 0.3) is 0 Å². The number of benzene rings is 1. The van der Waals surface area contributed by atoms with Gasteiger partial charge >= 0.3 is 0 Å². The van der Waals surface area contributed by atoms with Crippen molar-refractivity contribution in [3.05, 3.63) is 35.4 Å². The minimum Gasteiger partial charge on any atom is -0.341 e. The first-order chi connectivity index (χ1) is 8.06. The fourth-order valence-corrected chi connectivity index (χ4v) is 1.95. The first kappa shape index (κ1) is 14.9. The number of nitrogens with two attached hydrogens (primary N) is 1. The number of rotatable bonds is 2. The molecule has 2 N–H and O–H groups in total. The highest BCUT2D eigenvalue weighted by Gasteiger charge is 2.24. The van der Waals surface area contributed by atoms with Gasteiger partial charge in [0.15, 0.2) is 0 Å². The lowest BCUT2D eigenvalue weighted by molar-refractivity contribution is -0.129. The van der Waals surface area contributed by atoms with E-state index in [9.17, 15) is 13.6 Å². The highest BCUT2D eigenvalue weighted by Crippen LogP contribution is 2.14. The molecule has 3 nitrogen and oxygen atoms in total. The molecule has 0 spiro atoms. The van der Waals surface area contributed by atoms with E-state index in [1.807, 2.05) is 0 Å². The summed E-state index contributed by atoms with van der Waals surface area (Å²) in [6.07, 6.45) is 0.733. The Morgan fingerprint density at radius 2 is 2.17 bits per heavy atom. The Kier molecular flexibility index (Phi) is 5.04. The molecule has 0 aromatic heterocycles. The third-order valence-corrected chi connectivity index (χ3v) is 2.93. The number of hydrogen-bond acceptors (Lipinski definition) is 2. The Morgan fingerprint density at radius 3 is 2.72 bits per heavy atom. The van der Waals surface area contributed by atoms with Gasteiger partial charge in [0, 0.05) is 25.2 Å². The molecular weight excluding hydrogens is 262 g/mol. The van der Waals surface area contributed by atoms with Gasteiger partial charge in [0.05, 0.1) is 6.42 Å². The van der Waals surface area contributed by atoms with Gasteiger partial charge in [-0.1, -0.05) is 6.07 Å². The second-order valence-corrected chi connectivity index (χ2v) is 4.30. The van der Waals surface area contributed by atoms with Crippen molar-refractivity contribution in [3.8, 4) is 0 Å². The summed E-state index contributed by atoms with van der Waals surface area (Å²) in [7, 11) is 0. The molecule has 0 bridgehead atoms. The van der Waals surface area contributed by atoms with E-state index in [0.717, 1.165) is 18.6 Å². The van der Waals surface area contributed by atoms with Crippen LogP contribution in [-0.4, -0.2) is 29.9 Å². The number of nitrogens with zero attached hydrogens (tertiary/aromatic N) is 1. The van der Waals surface area contributed by atoms with Crippen LogP contribution in [0.3, 0.4) is 0 Å². The number of amides is 1. The number of carbonyl (C=O) groups excluding carboxylic acids is 1. The highest BCUT2D eigenvalue weighted by molar-refractivity contribution is 5.85. The zero-order chi connectivity index (χ0) is 12.4. The lowest BCUT2D eigenvalue weighted by Gasteiger charge is -2.15. The predicted octanol–water partition coefficient (Wildman–Crippen LogP) is 1.49. The monoisotopic (exact) mass is 276 g/mol. The van der Waals surface area contributed by atoms with Crippen LogP contribution in [0.4, 0.5) is 8.78 Å². The van der Waals surface area contributed by atoms with E-state index in [2.05, 4.69) is 0 Å². The maximum Gasteiger partial charge on any atom is 0.227 e. The summed E-state index contributed by atoms with van der Waals surface area (Å²) in [5.41, 5.74) is 5.91. The number of halogens is 3. The molecule has 1 fully saturated rings. The molecule has 2 rings (SSSR count). The molecule has 100 valence electrons. The van der Waals surface area contributed by atoms with E-state index in [4.69, 9.17) is 5.73 Å². The van der Waals surface area contributed by atoms with E-state index >= 15 is 0 Å². The van der Waals surface area contributed by atoms with Crippen molar-refractivity contribution in [2.24, 2.45) is 5.73 Å². The zero-order valence-corrected chi connectivity index (χ0v) is 10.6. The van der Waals surface area contributed by atoms with E-state index in [-0.39, 0.29) is 36.3 Å². The van der Waals surface area contributed by atoms with Crippen LogP contribution in [0.2, 0.25) is 0 Å². The van der Waals surface area contributed by atoms with Crippen LogP contribution >= 0.6 is 12.4 Å². The second-order valence-electron chi connectivity index (χ2n) is 4.30. The fourth-order valence-electron chi connectivity index (χ4n) is 1.95. The van der Waals surface area contributed by atoms with Crippen molar-refractivity contribution in [3.63, 3.8) is 0 Å². The van der Waals surface area contributed by atoms with Gasteiger partial charge in [-0.25, -0.2) is 8.78 Å². The standard InChI is InChI=1S/C12H14F2N2O.ClH/c13-9-2-1-8(11(14)6-9)5-12(17)16-4-3-10(15)7-16;/h1-2,6,10H,3-5,7,15H2;1H/t10-;/m1./s1. The van der Waals surface area contributed by atoms with Crippen LogP contribution in [-0.2, 0) is 11.2 Å². The van der Waals surface area contributed by atoms with Crippen molar-refractivity contribution in [2.45, 2.75) is 18.9 Å². The van der Waals surface area contributed by atoms with Gasteiger partial charge in [0.1, 0.15) is 11.6 Å². The van der Waals surface area contributed by atoms with E-state index in [1.165, 1.54) is 6.07 Å². The number of carbonyl (C=O) groups is 1. The van der Waals surface area contributed by atoms with Crippen molar-refractivity contribution in [1.82, 2.24) is 4.90 Å². The smallest absolute Gasteiger partial charge is 0.227 e. The Bertz CT molecular complexity index is 442. The van der Waals surface area contributed by atoms with Crippen LogP contribution in [0.15, 0.2) is 18.2 Å². The number of hydrogen-bond donors (Lipinski definition) is 1. The lowest BCUT2D eigenvalue weighted by Crippen LogP contribution is -2.33. The molecule has 18 heavy (non-hydrogen) atoms. The molecule has 1 aliphatic rings. The Morgan fingerprint density at radius 1 is 1.44 bits per heavy atom. The van der Waals surface area contributed by atoms with Crippen LogP contribution < -0.4 is 5.73 Å². The summed E-state index contributed by atoms with van der Waals surface area (Å²) in [6, 6.07) is 3.26. The predicted molar refractivity (Wildman–Crippen MR) is 66.5 cm³/mol. The molecule has 1 aromatic carbocycles. The highest BCUT2D eigenvalue weighted by atomic mass is 35.5. The van der Waals surface area contributed by atoms with E-state index < -0.39 is 11.6 Å². The molecule has 0 unspecified atom stereocenters.